The molecular weight excluding hydrogens is 218 g/mol. The van der Waals surface area contributed by atoms with Crippen molar-refractivity contribution in [2.24, 2.45) is 0 Å². The van der Waals surface area contributed by atoms with Crippen LogP contribution in [0.5, 0.6) is 0 Å². The molecule has 0 aliphatic carbocycles. The maximum absolute atomic E-state index is 11.7. The van der Waals surface area contributed by atoms with E-state index >= 15 is 0 Å². The minimum Gasteiger partial charge on any atom is -0.399 e. The molecule has 5 nitrogen and oxygen atoms in total. The first kappa shape index (κ1) is 11.4. The van der Waals surface area contributed by atoms with Crippen LogP contribution in [-0.2, 0) is 16.1 Å². The highest BCUT2D eigenvalue weighted by atomic mass is 16.2. The zero-order valence-electron chi connectivity index (χ0n) is 9.40. The molecule has 1 atom stereocenters. The first-order valence-electron chi connectivity index (χ1n) is 5.56. The van der Waals surface area contributed by atoms with E-state index in [2.05, 4.69) is 10.6 Å². The van der Waals surface area contributed by atoms with E-state index in [0.29, 0.717) is 25.1 Å². The third kappa shape index (κ3) is 2.96. The number of nitrogens with two attached hydrogens (primary N) is 1. The van der Waals surface area contributed by atoms with Gasteiger partial charge in [-0.05, 0) is 24.1 Å². The molecule has 1 aromatic carbocycles. The van der Waals surface area contributed by atoms with Crippen LogP contribution in [0.1, 0.15) is 18.4 Å². The van der Waals surface area contributed by atoms with E-state index in [-0.39, 0.29) is 17.9 Å². The van der Waals surface area contributed by atoms with Gasteiger partial charge in [-0.2, -0.15) is 0 Å². The number of nitrogens with one attached hydrogen (secondary N) is 2. The van der Waals surface area contributed by atoms with Crippen LogP contribution in [0.3, 0.4) is 0 Å². The second-order valence-electron chi connectivity index (χ2n) is 4.12. The highest BCUT2D eigenvalue weighted by Gasteiger charge is 2.26. The number of amides is 2. The highest BCUT2D eigenvalue weighted by Crippen LogP contribution is 2.08. The summed E-state index contributed by atoms with van der Waals surface area (Å²) in [4.78, 5) is 22.6. The van der Waals surface area contributed by atoms with Gasteiger partial charge in [0.2, 0.25) is 11.8 Å². The van der Waals surface area contributed by atoms with E-state index in [1.807, 2.05) is 12.1 Å². The molecule has 2 rings (SSSR count). The van der Waals surface area contributed by atoms with Gasteiger partial charge in [0, 0.05) is 18.7 Å². The lowest BCUT2D eigenvalue weighted by Gasteiger charge is -2.10. The van der Waals surface area contributed by atoms with Crippen LogP contribution in [0.4, 0.5) is 5.69 Å². The Kier molecular flexibility index (Phi) is 3.27. The number of hydrogen-bond acceptors (Lipinski definition) is 3. The van der Waals surface area contributed by atoms with Crippen molar-refractivity contribution in [1.82, 2.24) is 10.6 Å². The summed E-state index contributed by atoms with van der Waals surface area (Å²) in [6, 6.07) is 6.93. The molecule has 1 aliphatic rings. The maximum atomic E-state index is 11.7. The van der Waals surface area contributed by atoms with Crippen molar-refractivity contribution >= 4 is 17.5 Å². The van der Waals surface area contributed by atoms with Crippen LogP contribution in [0, 0.1) is 0 Å². The van der Waals surface area contributed by atoms with Crippen LogP contribution < -0.4 is 16.4 Å². The van der Waals surface area contributed by atoms with Crippen molar-refractivity contribution in [1.29, 1.82) is 0 Å². The number of carbonyl (C=O) groups is 2. The fourth-order valence-electron chi connectivity index (χ4n) is 1.76. The molecule has 1 heterocycles. The van der Waals surface area contributed by atoms with E-state index in [1.165, 1.54) is 0 Å². The summed E-state index contributed by atoms with van der Waals surface area (Å²) in [5.74, 6) is -0.190. The Morgan fingerprint density at radius 2 is 2.12 bits per heavy atom. The van der Waals surface area contributed by atoms with Gasteiger partial charge in [-0.25, -0.2) is 0 Å². The van der Waals surface area contributed by atoms with Crippen LogP contribution in [0.25, 0.3) is 0 Å². The minimum absolute atomic E-state index is 0.0577. The van der Waals surface area contributed by atoms with Gasteiger partial charge in [0.05, 0.1) is 0 Å². The molecule has 1 saturated heterocycles. The molecule has 0 unspecified atom stereocenters. The largest absolute Gasteiger partial charge is 0.399 e. The lowest BCUT2D eigenvalue weighted by molar-refractivity contribution is -0.125. The second-order valence-corrected chi connectivity index (χ2v) is 4.12. The van der Waals surface area contributed by atoms with Crippen molar-refractivity contribution in [3.05, 3.63) is 29.8 Å². The molecule has 0 saturated carbocycles. The maximum Gasteiger partial charge on any atom is 0.242 e. The summed E-state index contributed by atoms with van der Waals surface area (Å²) >= 11 is 0. The molecule has 1 fully saturated rings. The topological polar surface area (TPSA) is 84.2 Å². The number of anilines is 1. The Bertz CT molecular complexity index is 428. The van der Waals surface area contributed by atoms with Crippen LogP contribution in [0.2, 0.25) is 0 Å². The smallest absolute Gasteiger partial charge is 0.242 e. The molecule has 4 N–H and O–H groups in total. The highest BCUT2D eigenvalue weighted by molar-refractivity contribution is 5.90. The predicted molar refractivity (Wildman–Crippen MR) is 63.9 cm³/mol. The quantitative estimate of drug-likeness (QED) is 0.650. The number of carbonyl (C=O) groups excluding carboxylic acids is 2. The Labute approximate surface area is 99.4 Å². The molecule has 0 bridgehead atoms. The number of hydrogen-bond donors (Lipinski definition) is 3. The van der Waals surface area contributed by atoms with Crippen LogP contribution in [-0.4, -0.2) is 17.9 Å². The summed E-state index contributed by atoms with van der Waals surface area (Å²) in [5.41, 5.74) is 7.24. The zero-order valence-corrected chi connectivity index (χ0v) is 9.40. The molecular formula is C12H15N3O2. The lowest BCUT2D eigenvalue weighted by atomic mass is 10.2. The third-order valence-electron chi connectivity index (χ3n) is 2.76. The monoisotopic (exact) mass is 233 g/mol. The molecule has 1 aromatic rings. The van der Waals surface area contributed by atoms with E-state index in [4.69, 9.17) is 5.73 Å². The van der Waals surface area contributed by atoms with Gasteiger partial charge < -0.3 is 16.4 Å². The third-order valence-corrected chi connectivity index (χ3v) is 2.76. The summed E-state index contributed by atoms with van der Waals surface area (Å²) in [5, 5.41) is 5.41. The molecule has 0 radical (unpaired) electrons. The van der Waals surface area contributed by atoms with Crippen molar-refractivity contribution < 1.29 is 9.59 Å². The fraction of sp³-hybridized carbons (Fsp3) is 0.333. The standard InChI is InChI=1S/C12H15N3O2/c13-9-3-1-8(2-4-9)7-14-12(17)10-5-6-11(16)15-10/h1-4,10H,5-7,13H2,(H,14,17)(H,15,16)/t10-/m1/s1. The van der Waals surface area contributed by atoms with Crippen molar-refractivity contribution in [2.75, 3.05) is 5.73 Å². The molecule has 2 amide bonds. The predicted octanol–water partition coefficient (Wildman–Crippen LogP) is 0.164. The van der Waals surface area contributed by atoms with E-state index < -0.39 is 0 Å². The zero-order chi connectivity index (χ0) is 12.3. The van der Waals surface area contributed by atoms with Crippen LogP contribution in [0.15, 0.2) is 24.3 Å². The summed E-state index contributed by atoms with van der Waals surface area (Å²) < 4.78 is 0. The SMILES string of the molecule is Nc1ccc(CNC(=O)[C@H]2CCC(=O)N2)cc1. The molecule has 1 aliphatic heterocycles. The second kappa shape index (κ2) is 4.86. The van der Waals surface area contributed by atoms with E-state index in [0.717, 1.165) is 5.56 Å². The summed E-state index contributed by atoms with van der Waals surface area (Å²) in [7, 11) is 0. The molecule has 90 valence electrons. The summed E-state index contributed by atoms with van der Waals surface area (Å²) in [6.07, 6.45) is 1.01. The first-order chi connectivity index (χ1) is 8.15. The summed E-state index contributed by atoms with van der Waals surface area (Å²) in [6.45, 7) is 0.450. The van der Waals surface area contributed by atoms with Gasteiger partial charge in [-0.15, -0.1) is 0 Å². The van der Waals surface area contributed by atoms with Crippen molar-refractivity contribution in [3.8, 4) is 0 Å². The van der Waals surface area contributed by atoms with Gasteiger partial charge in [0.25, 0.3) is 0 Å². The molecule has 0 aromatic heterocycles. The van der Waals surface area contributed by atoms with Gasteiger partial charge in [-0.3, -0.25) is 9.59 Å². The Morgan fingerprint density at radius 1 is 1.41 bits per heavy atom. The minimum atomic E-state index is -0.378. The molecule has 17 heavy (non-hydrogen) atoms. The normalized spacial score (nSPS) is 18.8. The lowest BCUT2D eigenvalue weighted by Crippen LogP contribution is -2.41. The van der Waals surface area contributed by atoms with Gasteiger partial charge in [0.1, 0.15) is 6.04 Å². The first-order valence-corrected chi connectivity index (χ1v) is 5.56. The van der Waals surface area contributed by atoms with Gasteiger partial charge >= 0.3 is 0 Å². The molecule has 0 spiro atoms. The van der Waals surface area contributed by atoms with E-state index in [9.17, 15) is 9.59 Å². The number of nitrogen functional groups attached to an aromatic ring is 1. The van der Waals surface area contributed by atoms with Gasteiger partial charge in [0.15, 0.2) is 0 Å². The number of benzene rings is 1. The fourth-order valence-corrected chi connectivity index (χ4v) is 1.76. The van der Waals surface area contributed by atoms with E-state index in [1.54, 1.807) is 12.1 Å². The van der Waals surface area contributed by atoms with Crippen molar-refractivity contribution in [3.63, 3.8) is 0 Å². The van der Waals surface area contributed by atoms with Crippen molar-refractivity contribution in [2.45, 2.75) is 25.4 Å². The van der Waals surface area contributed by atoms with Crippen LogP contribution >= 0.6 is 0 Å². The van der Waals surface area contributed by atoms with Gasteiger partial charge in [-0.1, -0.05) is 12.1 Å². The average molecular weight is 233 g/mol. The Hall–Kier alpha value is -2.04. The Balaban J connectivity index is 1.84. The number of rotatable bonds is 3. The molecule has 5 heteroatoms. The average Bonchev–Trinajstić information content (AvgIpc) is 2.75. The Morgan fingerprint density at radius 3 is 2.71 bits per heavy atom.